The van der Waals surface area contributed by atoms with E-state index in [-0.39, 0.29) is 5.69 Å². The van der Waals surface area contributed by atoms with E-state index in [0.29, 0.717) is 11.5 Å². The second-order valence-electron chi connectivity index (χ2n) is 2.68. The lowest BCUT2D eigenvalue weighted by atomic mass is 10.2. The lowest BCUT2D eigenvalue weighted by Crippen LogP contribution is -2.09. The first-order chi connectivity index (χ1) is 6.00. The Morgan fingerprint density at radius 2 is 2.15 bits per heavy atom. The van der Waals surface area contributed by atoms with Gasteiger partial charge >= 0.3 is 5.97 Å². The summed E-state index contributed by atoms with van der Waals surface area (Å²) in [7, 11) is 0. The zero-order valence-corrected chi connectivity index (χ0v) is 7.28. The van der Waals surface area contributed by atoms with Crippen molar-refractivity contribution in [2.24, 2.45) is 0 Å². The van der Waals surface area contributed by atoms with E-state index in [1.54, 1.807) is 13.8 Å². The van der Waals surface area contributed by atoms with Gasteiger partial charge in [-0.05, 0) is 19.9 Å². The molecule has 13 heavy (non-hydrogen) atoms. The molecule has 1 atom stereocenters. The van der Waals surface area contributed by atoms with E-state index in [1.807, 2.05) is 0 Å². The van der Waals surface area contributed by atoms with Crippen LogP contribution in [0.15, 0.2) is 6.07 Å². The Bertz CT molecular complexity index is 321. The summed E-state index contributed by atoms with van der Waals surface area (Å²) in [5.74, 6) is -1.16. The molecule has 1 rings (SSSR count). The minimum atomic E-state index is -2.07. The normalized spacial score (nSPS) is 12.5. The number of carbonyl (C=O) groups is 1. The van der Waals surface area contributed by atoms with Gasteiger partial charge in [0.25, 0.3) is 0 Å². The zero-order chi connectivity index (χ0) is 10.0. The van der Waals surface area contributed by atoms with Crippen LogP contribution >= 0.6 is 0 Å². The number of aryl methyl sites for hydroxylation is 2. The number of alkyl halides is 1. The van der Waals surface area contributed by atoms with Crippen LogP contribution in [0.3, 0.4) is 0 Å². The molecule has 5 heteroatoms. The minimum Gasteiger partial charge on any atom is -0.479 e. The Kier molecular flexibility index (Phi) is 2.55. The molecule has 0 aromatic carbocycles. The molecular formula is C8H9FN2O2. The Morgan fingerprint density at radius 3 is 2.62 bits per heavy atom. The number of nitrogens with zero attached hydrogens (tertiary/aromatic N) is 2. The van der Waals surface area contributed by atoms with Gasteiger partial charge in [-0.3, -0.25) is 0 Å². The summed E-state index contributed by atoms with van der Waals surface area (Å²) < 4.78 is 12.9. The average Bonchev–Trinajstić information content (AvgIpc) is 2.01. The van der Waals surface area contributed by atoms with Crippen LogP contribution in [-0.4, -0.2) is 21.0 Å². The van der Waals surface area contributed by atoms with E-state index in [0.717, 1.165) is 0 Å². The van der Waals surface area contributed by atoms with Gasteiger partial charge in [0.1, 0.15) is 5.82 Å². The molecule has 0 aliphatic rings. The molecule has 1 aromatic rings. The van der Waals surface area contributed by atoms with Gasteiger partial charge in [-0.15, -0.1) is 0 Å². The summed E-state index contributed by atoms with van der Waals surface area (Å²) in [6.07, 6.45) is -2.07. The van der Waals surface area contributed by atoms with Crippen molar-refractivity contribution in [3.63, 3.8) is 0 Å². The molecule has 70 valence electrons. The number of rotatable bonds is 2. The van der Waals surface area contributed by atoms with Crippen LogP contribution in [0, 0.1) is 13.8 Å². The molecule has 0 spiro atoms. The van der Waals surface area contributed by atoms with Crippen molar-refractivity contribution in [2.45, 2.75) is 20.0 Å². The molecule has 4 nitrogen and oxygen atoms in total. The maximum absolute atomic E-state index is 12.9. The molecule has 0 amide bonds. The number of hydrogen-bond donors (Lipinski definition) is 1. The van der Waals surface area contributed by atoms with Crippen molar-refractivity contribution in [1.82, 2.24) is 9.97 Å². The molecule has 1 heterocycles. The fraction of sp³-hybridized carbons (Fsp3) is 0.375. The van der Waals surface area contributed by atoms with Crippen LogP contribution in [0.1, 0.15) is 23.4 Å². The average molecular weight is 184 g/mol. The van der Waals surface area contributed by atoms with Crippen molar-refractivity contribution in [1.29, 1.82) is 0 Å². The predicted molar refractivity (Wildman–Crippen MR) is 43.0 cm³/mol. The number of carboxylic acid groups (broad SMARTS) is 1. The van der Waals surface area contributed by atoms with Gasteiger partial charge in [0, 0.05) is 5.69 Å². The van der Waals surface area contributed by atoms with E-state index in [4.69, 9.17) is 5.11 Å². The SMILES string of the molecule is Cc1cc(C(F)C(=O)O)nc(C)n1. The highest BCUT2D eigenvalue weighted by Crippen LogP contribution is 2.15. The quantitative estimate of drug-likeness (QED) is 0.749. The molecular weight excluding hydrogens is 175 g/mol. The van der Waals surface area contributed by atoms with Crippen molar-refractivity contribution >= 4 is 5.97 Å². The fourth-order valence-corrected chi connectivity index (χ4v) is 1.00. The Balaban J connectivity index is 3.07. The first-order valence-electron chi connectivity index (χ1n) is 3.70. The molecule has 0 fully saturated rings. The van der Waals surface area contributed by atoms with Crippen molar-refractivity contribution in [3.05, 3.63) is 23.3 Å². The first-order valence-corrected chi connectivity index (χ1v) is 3.70. The molecule has 0 aliphatic heterocycles. The van der Waals surface area contributed by atoms with E-state index in [9.17, 15) is 9.18 Å². The van der Waals surface area contributed by atoms with Gasteiger partial charge in [0.2, 0.25) is 6.17 Å². The summed E-state index contributed by atoms with van der Waals surface area (Å²) in [5.41, 5.74) is 0.462. The molecule has 0 radical (unpaired) electrons. The highest BCUT2D eigenvalue weighted by molar-refractivity contribution is 5.73. The summed E-state index contributed by atoms with van der Waals surface area (Å²) in [4.78, 5) is 17.9. The lowest BCUT2D eigenvalue weighted by molar-refractivity contribution is -0.143. The number of hydrogen-bond acceptors (Lipinski definition) is 3. The molecule has 0 bridgehead atoms. The number of aliphatic carboxylic acids is 1. The third-order valence-corrected chi connectivity index (χ3v) is 1.46. The van der Waals surface area contributed by atoms with Crippen LogP contribution in [-0.2, 0) is 4.79 Å². The van der Waals surface area contributed by atoms with Crippen molar-refractivity contribution < 1.29 is 14.3 Å². The van der Waals surface area contributed by atoms with Gasteiger partial charge in [-0.2, -0.15) is 0 Å². The van der Waals surface area contributed by atoms with Gasteiger partial charge in [-0.1, -0.05) is 0 Å². The standard InChI is InChI=1S/C8H9FN2O2/c1-4-3-6(7(9)8(12)13)11-5(2)10-4/h3,7H,1-2H3,(H,12,13). The second-order valence-corrected chi connectivity index (χ2v) is 2.68. The van der Waals surface area contributed by atoms with Gasteiger partial charge in [-0.25, -0.2) is 19.2 Å². The van der Waals surface area contributed by atoms with Crippen molar-refractivity contribution in [2.75, 3.05) is 0 Å². The summed E-state index contributed by atoms with van der Waals surface area (Å²) in [6, 6.07) is 1.33. The van der Waals surface area contributed by atoms with Crippen LogP contribution < -0.4 is 0 Å². The Labute approximate surface area is 74.5 Å². The van der Waals surface area contributed by atoms with E-state index in [2.05, 4.69) is 9.97 Å². The van der Waals surface area contributed by atoms with Crippen LogP contribution in [0.4, 0.5) is 4.39 Å². The largest absolute Gasteiger partial charge is 0.479 e. The molecule has 0 saturated heterocycles. The number of aromatic nitrogens is 2. The van der Waals surface area contributed by atoms with E-state index in [1.165, 1.54) is 6.07 Å². The molecule has 1 aromatic heterocycles. The molecule has 1 unspecified atom stereocenters. The van der Waals surface area contributed by atoms with Crippen LogP contribution in [0.5, 0.6) is 0 Å². The Morgan fingerprint density at radius 1 is 1.54 bits per heavy atom. The molecule has 1 N–H and O–H groups in total. The summed E-state index contributed by atoms with van der Waals surface area (Å²) >= 11 is 0. The first kappa shape index (κ1) is 9.57. The highest BCUT2D eigenvalue weighted by atomic mass is 19.1. The van der Waals surface area contributed by atoms with Gasteiger partial charge in [0.05, 0.1) is 5.69 Å². The predicted octanol–water partition coefficient (Wildman–Crippen LogP) is 1.19. The van der Waals surface area contributed by atoms with Crippen LogP contribution in [0.25, 0.3) is 0 Å². The second kappa shape index (κ2) is 3.47. The zero-order valence-electron chi connectivity index (χ0n) is 7.28. The smallest absolute Gasteiger partial charge is 0.344 e. The Hall–Kier alpha value is -1.52. The monoisotopic (exact) mass is 184 g/mol. The van der Waals surface area contributed by atoms with Gasteiger partial charge in [0.15, 0.2) is 0 Å². The van der Waals surface area contributed by atoms with E-state index < -0.39 is 12.1 Å². The van der Waals surface area contributed by atoms with Crippen molar-refractivity contribution in [3.8, 4) is 0 Å². The minimum absolute atomic E-state index is 0.0995. The van der Waals surface area contributed by atoms with Crippen LogP contribution in [0.2, 0.25) is 0 Å². The number of halogens is 1. The fourth-order valence-electron chi connectivity index (χ4n) is 1.00. The third kappa shape index (κ3) is 2.21. The maximum atomic E-state index is 12.9. The summed E-state index contributed by atoms with van der Waals surface area (Å²) in [6.45, 7) is 3.25. The third-order valence-electron chi connectivity index (χ3n) is 1.46. The lowest BCUT2D eigenvalue weighted by Gasteiger charge is -2.03. The molecule has 0 saturated carbocycles. The summed E-state index contributed by atoms with van der Waals surface area (Å²) in [5, 5.41) is 8.38. The highest BCUT2D eigenvalue weighted by Gasteiger charge is 2.20. The maximum Gasteiger partial charge on any atom is 0.344 e. The molecule has 0 aliphatic carbocycles. The topological polar surface area (TPSA) is 63.1 Å². The van der Waals surface area contributed by atoms with E-state index >= 15 is 0 Å². The van der Waals surface area contributed by atoms with Gasteiger partial charge < -0.3 is 5.11 Å². The number of carboxylic acids is 1.